The topological polar surface area (TPSA) is 34.2 Å². The molecule has 0 saturated carbocycles. The van der Waals surface area contributed by atoms with Gasteiger partial charge in [-0.3, -0.25) is 0 Å². The minimum atomic E-state index is 0.578. The van der Waals surface area contributed by atoms with E-state index in [1.165, 1.54) is 5.56 Å². The third-order valence-electron chi connectivity index (χ3n) is 2.59. The average Bonchev–Trinajstić information content (AvgIpc) is 2.85. The lowest BCUT2D eigenvalue weighted by atomic mass is 10.2. The summed E-state index contributed by atoms with van der Waals surface area (Å²) < 4.78 is 5.73. The summed E-state index contributed by atoms with van der Waals surface area (Å²) in [6, 6.07) is 8.24. The zero-order valence-electron chi connectivity index (χ0n) is 10.8. The number of anilines is 1. The number of aryl methyl sites for hydroxylation is 1. The molecule has 1 aromatic carbocycles. The number of ether oxygens (including phenoxy) is 1. The molecule has 0 aliphatic carbocycles. The predicted molar refractivity (Wildman–Crippen MR) is 76.4 cm³/mol. The van der Waals surface area contributed by atoms with Crippen LogP contribution in [0.2, 0.25) is 0 Å². The highest BCUT2D eigenvalue weighted by atomic mass is 32.1. The van der Waals surface area contributed by atoms with E-state index in [2.05, 4.69) is 36.3 Å². The molecular formula is C14H18N2OS. The first-order valence-electron chi connectivity index (χ1n) is 6.22. The van der Waals surface area contributed by atoms with Gasteiger partial charge in [-0.15, -0.1) is 0 Å². The molecule has 1 N–H and O–H groups in total. The van der Waals surface area contributed by atoms with E-state index in [1.54, 1.807) is 11.3 Å². The molecule has 4 heteroatoms. The number of aromatic nitrogens is 1. The van der Waals surface area contributed by atoms with Gasteiger partial charge in [-0.05, 0) is 31.0 Å². The summed E-state index contributed by atoms with van der Waals surface area (Å²) in [5.74, 6) is 0.908. The van der Waals surface area contributed by atoms with Crippen molar-refractivity contribution in [3.05, 3.63) is 40.9 Å². The summed E-state index contributed by atoms with van der Waals surface area (Å²) in [6.45, 7) is 5.68. The average molecular weight is 262 g/mol. The lowest BCUT2D eigenvalue weighted by Gasteiger charge is -2.04. The summed E-state index contributed by atoms with van der Waals surface area (Å²) in [4.78, 5) is 5.40. The summed E-state index contributed by atoms with van der Waals surface area (Å²) >= 11 is 1.64. The van der Waals surface area contributed by atoms with Crippen LogP contribution in [-0.4, -0.2) is 11.5 Å². The third-order valence-corrected chi connectivity index (χ3v) is 3.52. The van der Waals surface area contributed by atoms with Crippen LogP contribution in [0, 0.1) is 0 Å². The van der Waals surface area contributed by atoms with Gasteiger partial charge in [0, 0.05) is 12.7 Å². The molecule has 18 heavy (non-hydrogen) atoms. The first-order valence-corrected chi connectivity index (χ1v) is 7.03. The molecule has 0 saturated heterocycles. The van der Waals surface area contributed by atoms with E-state index in [0.29, 0.717) is 6.61 Å². The number of benzene rings is 1. The van der Waals surface area contributed by atoms with Crippen LogP contribution in [-0.2, 0) is 13.0 Å². The lowest BCUT2D eigenvalue weighted by Crippen LogP contribution is -1.94. The summed E-state index contributed by atoms with van der Waals surface area (Å²) in [7, 11) is 0. The summed E-state index contributed by atoms with van der Waals surface area (Å²) in [6.07, 6.45) is 2.92. The Labute approximate surface area is 112 Å². The first kappa shape index (κ1) is 12.9. The van der Waals surface area contributed by atoms with Crippen molar-refractivity contribution in [3.8, 4) is 5.75 Å². The molecule has 0 amide bonds. The van der Waals surface area contributed by atoms with Gasteiger partial charge in [-0.25, -0.2) is 4.98 Å². The zero-order valence-corrected chi connectivity index (χ0v) is 11.6. The Kier molecular flexibility index (Phi) is 4.59. The molecule has 0 aliphatic heterocycles. The molecular weight excluding hydrogens is 244 g/mol. The van der Waals surface area contributed by atoms with Gasteiger partial charge < -0.3 is 10.1 Å². The van der Waals surface area contributed by atoms with Crippen LogP contribution in [0.15, 0.2) is 30.5 Å². The highest BCUT2D eigenvalue weighted by Crippen LogP contribution is 2.20. The zero-order chi connectivity index (χ0) is 12.8. The molecule has 2 aromatic rings. The summed E-state index contributed by atoms with van der Waals surface area (Å²) in [5.41, 5.74) is 1.33. The molecule has 1 heterocycles. The van der Waals surface area contributed by atoms with Crippen LogP contribution in [0.1, 0.15) is 24.3 Å². The molecule has 96 valence electrons. The standard InChI is InChI=1S/C14H18N2OS/c1-3-11-5-7-12(8-6-11)17-10-13-9-16-14(18-13)15-4-2/h5-9H,3-4,10H2,1-2H3,(H,15,16). The van der Waals surface area contributed by atoms with Crippen molar-refractivity contribution >= 4 is 16.5 Å². The van der Waals surface area contributed by atoms with Crippen molar-refractivity contribution in [1.29, 1.82) is 0 Å². The van der Waals surface area contributed by atoms with Gasteiger partial charge in [0.2, 0.25) is 0 Å². The van der Waals surface area contributed by atoms with Gasteiger partial charge in [-0.1, -0.05) is 30.4 Å². The fourth-order valence-corrected chi connectivity index (χ4v) is 2.38. The van der Waals surface area contributed by atoms with Crippen LogP contribution in [0.4, 0.5) is 5.13 Å². The van der Waals surface area contributed by atoms with E-state index in [4.69, 9.17) is 4.74 Å². The largest absolute Gasteiger partial charge is 0.488 e. The van der Waals surface area contributed by atoms with E-state index in [0.717, 1.165) is 28.7 Å². The third kappa shape index (κ3) is 3.47. The van der Waals surface area contributed by atoms with Crippen LogP contribution in [0.3, 0.4) is 0 Å². The van der Waals surface area contributed by atoms with E-state index in [-0.39, 0.29) is 0 Å². The molecule has 3 nitrogen and oxygen atoms in total. The van der Waals surface area contributed by atoms with Gasteiger partial charge in [0.1, 0.15) is 12.4 Å². The number of rotatable bonds is 6. The minimum Gasteiger partial charge on any atom is -0.488 e. The maximum absolute atomic E-state index is 5.73. The normalized spacial score (nSPS) is 10.3. The molecule has 0 unspecified atom stereocenters. The molecule has 0 aliphatic rings. The molecule has 0 radical (unpaired) electrons. The fourth-order valence-electron chi connectivity index (χ4n) is 1.58. The predicted octanol–water partition coefficient (Wildman–Crippen LogP) is 3.72. The molecule has 0 fully saturated rings. The van der Waals surface area contributed by atoms with Gasteiger partial charge in [0.15, 0.2) is 5.13 Å². The quantitative estimate of drug-likeness (QED) is 0.861. The number of thiazole rings is 1. The van der Waals surface area contributed by atoms with E-state index < -0.39 is 0 Å². The van der Waals surface area contributed by atoms with Crippen molar-refractivity contribution in [2.75, 3.05) is 11.9 Å². The van der Waals surface area contributed by atoms with Crippen LogP contribution in [0.5, 0.6) is 5.75 Å². The van der Waals surface area contributed by atoms with E-state index in [9.17, 15) is 0 Å². The lowest BCUT2D eigenvalue weighted by molar-refractivity contribution is 0.309. The molecule has 0 atom stereocenters. The molecule has 2 rings (SSSR count). The van der Waals surface area contributed by atoms with Crippen molar-refractivity contribution in [1.82, 2.24) is 4.98 Å². The van der Waals surface area contributed by atoms with Crippen LogP contribution in [0.25, 0.3) is 0 Å². The van der Waals surface area contributed by atoms with Crippen molar-refractivity contribution < 1.29 is 4.74 Å². The van der Waals surface area contributed by atoms with Gasteiger partial charge in [0.05, 0.1) is 4.88 Å². The Hall–Kier alpha value is -1.55. The Morgan fingerprint density at radius 3 is 2.67 bits per heavy atom. The second-order valence-electron chi connectivity index (χ2n) is 3.95. The second kappa shape index (κ2) is 6.40. The minimum absolute atomic E-state index is 0.578. The highest BCUT2D eigenvalue weighted by molar-refractivity contribution is 7.15. The smallest absolute Gasteiger partial charge is 0.182 e. The number of nitrogens with zero attached hydrogens (tertiary/aromatic N) is 1. The monoisotopic (exact) mass is 262 g/mol. The number of hydrogen-bond donors (Lipinski definition) is 1. The maximum Gasteiger partial charge on any atom is 0.182 e. The number of hydrogen-bond acceptors (Lipinski definition) is 4. The SMILES string of the molecule is CCNc1ncc(COc2ccc(CC)cc2)s1. The summed E-state index contributed by atoms with van der Waals surface area (Å²) in [5, 5.41) is 4.15. The fraction of sp³-hybridized carbons (Fsp3) is 0.357. The van der Waals surface area contributed by atoms with Crippen molar-refractivity contribution in [3.63, 3.8) is 0 Å². The van der Waals surface area contributed by atoms with E-state index >= 15 is 0 Å². The van der Waals surface area contributed by atoms with Gasteiger partial charge >= 0.3 is 0 Å². The Balaban J connectivity index is 1.89. The Morgan fingerprint density at radius 2 is 2.00 bits per heavy atom. The molecule has 0 spiro atoms. The highest BCUT2D eigenvalue weighted by Gasteiger charge is 2.02. The van der Waals surface area contributed by atoms with Gasteiger partial charge in [-0.2, -0.15) is 0 Å². The van der Waals surface area contributed by atoms with Crippen LogP contribution >= 0.6 is 11.3 Å². The van der Waals surface area contributed by atoms with E-state index in [1.807, 2.05) is 18.3 Å². The second-order valence-corrected chi connectivity index (χ2v) is 5.06. The number of nitrogens with one attached hydrogen (secondary N) is 1. The Morgan fingerprint density at radius 1 is 1.22 bits per heavy atom. The van der Waals surface area contributed by atoms with Gasteiger partial charge in [0.25, 0.3) is 0 Å². The van der Waals surface area contributed by atoms with Crippen molar-refractivity contribution in [2.24, 2.45) is 0 Å². The molecule has 0 bridgehead atoms. The van der Waals surface area contributed by atoms with Crippen molar-refractivity contribution in [2.45, 2.75) is 26.9 Å². The maximum atomic E-state index is 5.73. The Bertz CT molecular complexity index is 479. The molecule has 1 aromatic heterocycles. The first-order chi connectivity index (χ1) is 8.81. The van der Waals surface area contributed by atoms with Crippen LogP contribution < -0.4 is 10.1 Å².